The number of nitrogens with one attached hydrogen (secondary N) is 1. The molecule has 4 aromatic heterocycles. The minimum absolute atomic E-state index is 0.183. The van der Waals surface area contributed by atoms with E-state index in [2.05, 4.69) is 10.3 Å². The second-order valence-corrected chi connectivity index (χ2v) is 8.02. The molecule has 5 aromatic rings. The maximum absolute atomic E-state index is 13.2. The van der Waals surface area contributed by atoms with Crippen molar-refractivity contribution in [2.75, 3.05) is 5.32 Å². The molecule has 1 aromatic carbocycles. The van der Waals surface area contributed by atoms with Crippen molar-refractivity contribution < 1.29 is 4.79 Å². The molecule has 0 aliphatic heterocycles. The molecule has 4 heterocycles. The molecular formula is C24H22N6O3. The fraction of sp³-hybridized carbons (Fsp3) is 0.167. The van der Waals surface area contributed by atoms with Crippen LogP contribution in [0.2, 0.25) is 0 Å². The lowest BCUT2D eigenvalue weighted by molar-refractivity contribution is 0.101. The van der Waals surface area contributed by atoms with E-state index in [0.717, 1.165) is 5.56 Å². The van der Waals surface area contributed by atoms with Gasteiger partial charge in [0.2, 0.25) is 0 Å². The summed E-state index contributed by atoms with van der Waals surface area (Å²) in [6.45, 7) is 3.64. The van der Waals surface area contributed by atoms with Crippen molar-refractivity contribution >= 4 is 28.3 Å². The van der Waals surface area contributed by atoms with Crippen LogP contribution in [-0.4, -0.2) is 29.2 Å². The lowest BCUT2D eigenvalue weighted by Crippen LogP contribution is -2.23. The summed E-state index contributed by atoms with van der Waals surface area (Å²) in [4.78, 5) is 44.0. The van der Waals surface area contributed by atoms with Gasteiger partial charge in [0.1, 0.15) is 22.7 Å². The zero-order valence-corrected chi connectivity index (χ0v) is 18.7. The summed E-state index contributed by atoms with van der Waals surface area (Å²) in [6.07, 6.45) is 1.66. The predicted octanol–water partition coefficient (Wildman–Crippen LogP) is 2.54. The van der Waals surface area contributed by atoms with Gasteiger partial charge in [-0.3, -0.25) is 23.5 Å². The average Bonchev–Trinajstić information content (AvgIpc) is 3.25. The van der Waals surface area contributed by atoms with E-state index in [9.17, 15) is 14.4 Å². The van der Waals surface area contributed by atoms with Crippen LogP contribution in [0, 0.1) is 13.8 Å². The third-order valence-corrected chi connectivity index (χ3v) is 6.05. The third kappa shape index (κ3) is 3.00. The fourth-order valence-electron chi connectivity index (χ4n) is 4.14. The van der Waals surface area contributed by atoms with Gasteiger partial charge in [0.05, 0.1) is 16.8 Å². The van der Waals surface area contributed by atoms with E-state index in [1.54, 1.807) is 42.5 Å². The van der Waals surface area contributed by atoms with E-state index in [-0.39, 0.29) is 22.5 Å². The van der Waals surface area contributed by atoms with Crippen molar-refractivity contribution in [2.24, 2.45) is 14.1 Å². The van der Waals surface area contributed by atoms with E-state index in [1.165, 1.54) is 15.1 Å². The van der Waals surface area contributed by atoms with Crippen LogP contribution < -0.4 is 16.4 Å². The molecule has 9 nitrogen and oxygen atoms in total. The highest BCUT2D eigenvalue weighted by atomic mass is 16.2. The third-order valence-electron chi connectivity index (χ3n) is 6.05. The van der Waals surface area contributed by atoms with Crippen LogP contribution in [0.3, 0.4) is 0 Å². The maximum Gasteiger partial charge on any atom is 0.295 e. The summed E-state index contributed by atoms with van der Waals surface area (Å²) >= 11 is 0. The van der Waals surface area contributed by atoms with Gasteiger partial charge >= 0.3 is 0 Å². The summed E-state index contributed by atoms with van der Waals surface area (Å²) in [5.74, 6) is -0.494. The number of rotatable bonds is 3. The Morgan fingerprint density at radius 3 is 2.39 bits per heavy atom. The maximum atomic E-state index is 13.2. The summed E-state index contributed by atoms with van der Waals surface area (Å²) in [6, 6.07) is 14.4. The number of carbonyl (C=O) groups excluding carboxylic acids is 1. The lowest BCUT2D eigenvalue weighted by Gasteiger charge is -2.07. The van der Waals surface area contributed by atoms with Gasteiger partial charge in [-0.05, 0) is 43.7 Å². The Morgan fingerprint density at radius 1 is 0.939 bits per heavy atom. The number of fused-ring (bicyclic) bond motifs is 2. The van der Waals surface area contributed by atoms with Crippen molar-refractivity contribution in [3.63, 3.8) is 0 Å². The Balaban J connectivity index is 1.61. The normalized spacial score (nSPS) is 11.4. The van der Waals surface area contributed by atoms with Crippen LogP contribution in [0.5, 0.6) is 0 Å². The van der Waals surface area contributed by atoms with Gasteiger partial charge in [0.15, 0.2) is 0 Å². The largest absolute Gasteiger partial charge is 0.324 e. The quantitative estimate of drug-likeness (QED) is 0.465. The number of aryl methyl sites for hydroxylation is 2. The summed E-state index contributed by atoms with van der Waals surface area (Å²) in [5, 5.41) is 3.08. The van der Waals surface area contributed by atoms with E-state index in [0.29, 0.717) is 28.1 Å². The van der Waals surface area contributed by atoms with E-state index < -0.39 is 5.91 Å². The zero-order chi connectivity index (χ0) is 23.4. The highest BCUT2D eigenvalue weighted by molar-refractivity contribution is 6.06. The van der Waals surface area contributed by atoms with Crippen molar-refractivity contribution in [2.45, 2.75) is 13.8 Å². The molecule has 0 unspecified atom stereocenters. The molecule has 0 saturated carbocycles. The molecule has 166 valence electrons. The highest BCUT2D eigenvalue weighted by Gasteiger charge is 2.22. The van der Waals surface area contributed by atoms with Crippen molar-refractivity contribution in [1.82, 2.24) is 23.3 Å². The first-order valence-corrected chi connectivity index (χ1v) is 10.4. The molecule has 0 bridgehead atoms. The molecule has 0 atom stereocenters. The second kappa shape index (κ2) is 7.33. The number of nitrogens with zero attached hydrogens (tertiary/aromatic N) is 5. The number of aromatic nitrogens is 5. The molecule has 5 rings (SSSR count). The molecule has 0 fully saturated rings. The minimum Gasteiger partial charge on any atom is -0.324 e. The summed E-state index contributed by atoms with van der Waals surface area (Å²) in [5.41, 5.74) is 2.92. The number of anilines is 1. The molecule has 9 heteroatoms. The summed E-state index contributed by atoms with van der Waals surface area (Å²) in [7, 11) is 3.44. The lowest BCUT2D eigenvalue weighted by atomic mass is 10.3. The Hall–Kier alpha value is -4.40. The van der Waals surface area contributed by atoms with Gasteiger partial charge in [-0.1, -0.05) is 24.3 Å². The molecule has 1 amide bonds. The standard InChI is InChI=1S/C24H22N6O3/c1-14-9-8-12-29-20(14)26-21-17(23(29)32)13-18(27(21)3)22(31)25-19-15(2)28(4)30(24(19)33)16-10-6-5-7-11-16/h5-13H,1-4H3,(H,25,31). The number of pyridine rings is 1. The smallest absolute Gasteiger partial charge is 0.295 e. The Bertz CT molecular complexity index is 1690. The molecule has 0 radical (unpaired) electrons. The first kappa shape index (κ1) is 20.5. The van der Waals surface area contributed by atoms with Gasteiger partial charge in [-0.2, -0.15) is 0 Å². The van der Waals surface area contributed by atoms with E-state index in [1.807, 2.05) is 43.3 Å². The monoisotopic (exact) mass is 442 g/mol. The van der Waals surface area contributed by atoms with E-state index in [4.69, 9.17) is 0 Å². The predicted molar refractivity (Wildman–Crippen MR) is 126 cm³/mol. The van der Waals surface area contributed by atoms with Crippen LogP contribution in [0.1, 0.15) is 21.7 Å². The zero-order valence-electron chi connectivity index (χ0n) is 18.7. The Morgan fingerprint density at radius 2 is 1.67 bits per heavy atom. The number of hydrogen-bond acceptors (Lipinski definition) is 4. The topological polar surface area (TPSA) is 95.3 Å². The van der Waals surface area contributed by atoms with Crippen molar-refractivity contribution in [3.05, 3.63) is 92.4 Å². The fourth-order valence-corrected chi connectivity index (χ4v) is 4.14. The van der Waals surface area contributed by atoms with Crippen LogP contribution in [0.25, 0.3) is 22.4 Å². The Kier molecular flexibility index (Phi) is 4.56. The first-order chi connectivity index (χ1) is 15.8. The number of benzene rings is 1. The average molecular weight is 442 g/mol. The van der Waals surface area contributed by atoms with Gasteiger partial charge in [0.25, 0.3) is 17.0 Å². The van der Waals surface area contributed by atoms with Crippen molar-refractivity contribution in [1.29, 1.82) is 0 Å². The van der Waals surface area contributed by atoms with Gasteiger partial charge in [-0.25, -0.2) is 9.67 Å². The molecule has 0 aliphatic carbocycles. The molecule has 33 heavy (non-hydrogen) atoms. The van der Waals surface area contributed by atoms with Crippen LogP contribution in [0.15, 0.2) is 64.3 Å². The molecule has 0 saturated heterocycles. The highest BCUT2D eigenvalue weighted by Crippen LogP contribution is 2.19. The van der Waals surface area contributed by atoms with Crippen LogP contribution >= 0.6 is 0 Å². The molecule has 0 spiro atoms. The Labute approximate surface area is 188 Å². The SMILES string of the molecule is Cc1cccn2c(=O)c3cc(C(=O)Nc4c(C)n(C)n(-c5ccccc5)c4=O)n(C)c3nc12. The number of hydrogen-bond donors (Lipinski definition) is 1. The number of carbonyl (C=O) groups is 1. The van der Waals surface area contributed by atoms with Gasteiger partial charge in [0, 0.05) is 20.3 Å². The second-order valence-electron chi connectivity index (χ2n) is 8.02. The first-order valence-electron chi connectivity index (χ1n) is 10.4. The minimum atomic E-state index is -0.494. The molecular weight excluding hydrogens is 420 g/mol. The number of para-hydroxylation sites is 1. The van der Waals surface area contributed by atoms with Crippen molar-refractivity contribution in [3.8, 4) is 5.69 Å². The van der Waals surface area contributed by atoms with E-state index >= 15 is 0 Å². The molecule has 1 N–H and O–H groups in total. The van der Waals surface area contributed by atoms with Crippen LogP contribution in [-0.2, 0) is 14.1 Å². The molecule has 0 aliphatic rings. The van der Waals surface area contributed by atoms with Gasteiger partial charge < -0.3 is 9.88 Å². The van der Waals surface area contributed by atoms with Crippen LogP contribution in [0.4, 0.5) is 5.69 Å². The summed E-state index contributed by atoms with van der Waals surface area (Å²) < 4.78 is 6.24. The number of amides is 1. The van der Waals surface area contributed by atoms with Gasteiger partial charge in [-0.15, -0.1) is 0 Å².